The lowest BCUT2D eigenvalue weighted by Crippen LogP contribution is -2.51. The van der Waals surface area contributed by atoms with Crippen LogP contribution in [-0.4, -0.2) is 75.8 Å². The molecule has 2 amide bonds. The second kappa shape index (κ2) is 8.33. The van der Waals surface area contributed by atoms with Crippen LogP contribution in [0.25, 0.3) is 5.52 Å². The molecule has 9 heteroatoms. The third-order valence-corrected chi connectivity index (χ3v) is 4.85. The Hall–Kier alpha value is -3.10. The van der Waals surface area contributed by atoms with Gasteiger partial charge in [0.15, 0.2) is 0 Å². The lowest BCUT2D eigenvalue weighted by atomic mass is 10.1. The molecule has 3 rings (SSSR count). The van der Waals surface area contributed by atoms with Crippen molar-refractivity contribution in [1.82, 2.24) is 19.4 Å². The van der Waals surface area contributed by atoms with Gasteiger partial charge in [-0.1, -0.05) is 0 Å². The van der Waals surface area contributed by atoms with E-state index in [1.807, 2.05) is 20.8 Å². The van der Waals surface area contributed by atoms with Gasteiger partial charge >= 0.3 is 12.1 Å². The van der Waals surface area contributed by atoms with Gasteiger partial charge in [-0.2, -0.15) is 5.10 Å². The van der Waals surface area contributed by atoms with E-state index in [4.69, 9.17) is 9.47 Å². The summed E-state index contributed by atoms with van der Waals surface area (Å²) in [7, 11) is 0. The molecule has 0 bridgehead atoms. The van der Waals surface area contributed by atoms with Gasteiger partial charge < -0.3 is 19.3 Å². The maximum atomic E-state index is 13.3. The molecule has 0 atom stereocenters. The number of aromatic nitrogens is 2. The zero-order valence-electron chi connectivity index (χ0n) is 18.1. The normalized spacial score (nSPS) is 14.7. The predicted octanol–water partition coefficient (Wildman–Crippen LogP) is 2.51. The van der Waals surface area contributed by atoms with Gasteiger partial charge in [0, 0.05) is 32.4 Å². The summed E-state index contributed by atoms with van der Waals surface area (Å²) in [5.41, 5.74) is 1.18. The van der Waals surface area contributed by atoms with Gasteiger partial charge in [0.2, 0.25) is 0 Å². The highest BCUT2D eigenvalue weighted by Gasteiger charge is 2.32. The third kappa shape index (κ3) is 4.24. The predicted molar refractivity (Wildman–Crippen MR) is 110 cm³/mol. The van der Waals surface area contributed by atoms with E-state index >= 15 is 0 Å². The molecule has 0 unspecified atom stereocenters. The molecule has 1 aliphatic rings. The lowest BCUT2D eigenvalue weighted by Gasteiger charge is -2.35. The van der Waals surface area contributed by atoms with Crippen molar-refractivity contribution >= 4 is 23.5 Å². The number of esters is 1. The maximum Gasteiger partial charge on any atom is 0.410 e. The standard InChI is InChI=1S/C21H28N4O5/c1-6-29-19(27)16-14(2)17(25-15(16)8-7-9-22-25)18(26)23-10-12-24(13-11-23)20(28)30-21(3,4)5/h7-9H,6,10-13H2,1-5H3. The molecule has 0 aliphatic carbocycles. The van der Waals surface area contributed by atoms with Crippen LogP contribution in [0.4, 0.5) is 4.79 Å². The summed E-state index contributed by atoms with van der Waals surface area (Å²) < 4.78 is 12.1. The van der Waals surface area contributed by atoms with Gasteiger partial charge in [-0.3, -0.25) is 4.79 Å². The van der Waals surface area contributed by atoms with E-state index in [2.05, 4.69) is 5.10 Å². The van der Waals surface area contributed by atoms with Crippen molar-refractivity contribution in [3.63, 3.8) is 0 Å². The van der Waals surface area contributed by atoms with Crippen molar-refractivity contribution in [2.45, 2.75) is 40.2 Å². The molecule has 2 aromatic heterocycles. The zero-order chi connectivity index (χ0) is 22.1. The molecule has 0 saturated carbocycles. The van der Waals surface area contributed by atoms with E-state index in [0.717, 1.165) is 0 Å². The summed E-state index contributed by atoms with van der Waals surface area (Å²) in [5.74, 6) is -0.713. The number of rotatable bonds is 3. The van der Waals surface area contributed by atoms with Crippen molar-refractivity contribution in [2.75, 3.05) is 32.8 Å². The molecule has 2 aromatic rings. The molecule has 0 spiro atoms. The molecule has 1 saturated heterocycles. The van der Waals surface area contributed by atoms with Crippen LogP contribution in [0.5, 0.6) is 0 Å². The van der Waals surface area contributed by atoms with E-state index in [9.17, 15) is 14.4 Å². The highest BCUT2D eigenvalue weighted by Crippen LogP contribution is 2.25. The highest BCUT2D eigenvalue weighted by atomic mass is 16.6. The molecule has 1 aliphatic heterocycles. The van der Waals surface area contributed by atoms with Crippen LogP contribution in [0.1, 0.15) is 54.1 Å². The van der Waals surface area contributed by atoms with Crippen molar-refractivity contribution in [2.24, 2.45) is 0 Å². The van der Waals surface area contributed by atoms with Crippen molar-refractivity contribution in [3.05, 3.63) is 35.2 Å². The summed E-state index contributed by atoms with van der Waals surface area (Å²) in [6.07, 6.45) is 1.18. The van der Waals surface area contributed by atoms with Crippen LogP contribution in [0.15, 0.2) is 18.3 Å². The van der Waals surface area contributed by atoms with Crippen LogP contribution in [0.3, 0.4) is 0 Å². The highest BCUT2D eigenvalue weighted by molar-refractivity contribution is 6.05. The number of fused-ring (bicyclic) bond motifs is 1. The molecule has 9 nitrogen and oxygen atoms in total. The Bertz CT molecular complexity index is 968. The van der Waals surface area contributed by atoms with Gasteiger partial charge in [-0.15, -0.1) is 0 Å². The fraction of sp³-hybridized carbons (Fsp3) is 0.524. The number of amides is 2. The fourth-order valence-electron chi connectivity index (χ4n) is 3.49. The van der Waals surface area contributed by atoms with Crippen LogP contribution in [0.2, 0.25) is 0 Å². The van der Waals surface area contributed by atoms with Crippen LogP contribution < -0.4 is 0 Å². The number of carbonyl (C=O) groups is 3. The first-order valence-electron chi connectivity index (χ1n) is 10.0. The summed E-state index contributed by atoms with van der Waals surface area (Å²) in [6.45, 7) is 10.6. The lowest BCUT2D eigenvalue weighted by molar-refractivity contribution is 0.0139. The second-order valence-electron chi connectivity index (χ2n) is 8.15. The first-order valence-corrected chi connectivity index (χ1v) is 10.0. The number of piperazine rings is 1. The van der Waals surface area contributed by atoms with E-state index in [1.165, 1.54) is 4.52 Å². The number of nitrogens with zero attached hydrogens (tertiary/aromatic N) is 4. The Kier molecular flexibility index (Phi) is 6.00. The van der Waals surface area contributed by atoms with Gasteiger partial charge in [0.1, 0.15) is 11.3 Å². The molecular weight excluding hydrogens is 388 g/mol. The summed E-state index contributed by atoms with van der Waals surface area (Å²) >= 11 is 0. The summed E-state index contributed by atoms with van der Waals surface area (Å²) in [4.78, 5) is 41.3. The van der Waals surface area contributed by atoms with Crippen molar-refractivity contribution in [1.29, 1.82) is 0 Å². The minimum absolute atomic E-state index is 0.236. The number of hydrogen-bond acceptors (Lipinski definition) is 6. The smallest absolute Gasteiger partial charge is 0.410 e. The Morgan fingerprint density at radius 1 is 1.10 bits per heavy atom. The van der Waals surface area contributed by atoms with Gasteiger partial charge in [0.25, 0.3) is 5.91 Å². The third-order valence-electron chi connectivity index (χ3n) is 4.85. The molecule has 0 N–H and O–H groups in total. The second-order valence-corrected chi connectivity index (χ2v) is 8.15. The van der Waals surface area contributed by atoms with Gasteiger partial charge in [-0.05, 0) is 52.3 Å². The van der Waals surface area contributed by atoms with E-state index < -0.39 is 11.6 Å². The first-order chi connectivity index (χ1) is 14.1. The maximum absolute atomic E-state index is 13.3. The Morgan fingerprint density at radius 2 is 1.73 bits per heavy atom. The van der Waals surface area contributed by atoms with Crippen molar-refractivity contribution in [3.8, 4) is 0 Å². The fourth-order valence-corrected chi connectivity index (χ4v) is 3.49. The number of ether oxygens (including phenoxy) is 2. The van der Waals surface area contributed by atoms with E-state index in [1.54, 1.807) is 42.0 Å². The zero-order valence-corrected chi connectivity index (χ0v) is 18.1. The van der Waals surface area contributed by atoms with Crippen LogP contribution in [-0.2, 0) is 9.47 Å². The Balaban J connectivity index is 1.82. The summed E-state index contributed by atoms with van der Waals surface area (Å²) in [6, 6.07) is 3.45. The summed E-state index contributed by atoms with van der Waals surface area (Å²) in [5, 5.41) is 4.28. The molecule has 0 radical (unpaired) electrons. The molecule has 0 aromatic carbocycles. The number of hydrogen-bond donors (Lipinski definition) is 0. The number of carbonyl (C=O) groups excluding carboxylic acids is 3. The SMILES string of the molecule is CCOC(=O)c1c(C)c(C(=O)N2CCN(C(=O)OC(C)(C)C)CC2)n2ncccc12. The molecule has 3 heterocycles. The topological polar surface area (TPSA) is 93.5 Å². The molecule has 162 valence electrons. The van der Waals surface area contributed by atoms with Gasteiger partial charge in [0.05, 0.1) is 17.7 Å². The molecule has 30 heavy (non-hydrogen) atoms. The average molecular weight is 416 g/mol. The first kappa shape index (κ1) is 21.6. The van der Waals surface area contributed by atoms with Crippen LogP contribution in [0, 0.1) is 6.92 Å². The van der Waals surface area contributed by atoms with Gasteiger partial charge in [-0.25, -0.2) is 14.1 Å². The largest absolute Gasteiger partial charge is 0.462 e. The minimum atomic E-state index is -0.568. The van der Waals surface area contributed by atoms with E-state index in [-0.39, 0.29) is 18.6 Å². The Labute approximate surface area is 175 Å². The molecule has 1 fully saturated rings. The van der Waals surface area contributed by atoms with Crippen LogP contribution >= 0.6 is 0 Å². The monoisotopic (exact) mass is 416 g/mol. The molecular formula is C21H28N4O5. The average Bonchev–Trinajstić information content (AvgIpc) is 2.98. The van der Waals surface area contributed by atoms with E-state index in [0.29, 0.717) is 48.5 Å². The minimum Gasteiger partial charge on any atom is -0.462 e. The Morgan fingerprint density at radius 3 is 2.33 bits per heavy atom. The van der Waals surface area contributed by atoms with Crippen molar-refractivity contribution < 1.29 is 23.9 Å². The quantitative estimate of drug-likeness (QED) is 0.714.